The molecule has 2 aromatic carbocycles. The van der Waals surface area contributed by atoms with Crippen LogP contribution in [0.4, 0.5) is 11.5 Å². The highest BCUT2D eigenvalue weighted by atomic mass is 16.5. The third-order valence-corrected chi connectivity index (χ3v) is 5.48. The molecule has 32 heavy (non-hydrogen) atoms. The van der Waals surface area contributed by atoms with E-state index in [0.29, 0.717) is 29.6 Å². The minimum atomic E-state index is 0.534. The van der Waals surface area contributed by atoms with E-state index >= 15 is 0 Å². The summed E-state index contributed by atoms with van der Waals surface area (Å²) in [6, 6.07) is 11.5. The van der Waals surface area contributed by atoms with Gasteiger partial charge in [-0.25, -0.2) is 9.97 Å². The molecule has 0 spiro atoms. The van der Waals surface area contributed by atoms with Gasteiger partial charge < -0.3 is 24.9 Å². The fourth-order valence-electron chi connectivity index (χ4n) is 3.67. The van der Waals surface area contributed by atoms with Crippen LogP contribution in [0.2, 0.25) is 0 Å². The van der Waals surface area contributed by atoms with E-state index in [9.17, 15) is 0 Å². The zero-order valence-corrected chi connectivity index (χ0v) is 18.6. The molecule has 1 saturated heterocycles. The van der Waals surface area contributed by atoms with E-state index in [0.717, 1.165) is 61.4 Å². The summed E-state index contributed by atoms with van der Waals surface area (Å²) in [6.07, 6.45) is 2.46. The van der Waals surface area contributed by atoms with Gasteiger partial charge in [0.2, 0.25) is 0 Å². The number of anilines is 2. The van der Waals surface area contributed by atoms with Crippen molar-refractivity contribution in [3.8, 4) is 11.5 Å². The van der Waals surface area contributed by atoms with E-state index < -0.39 is 0 Å². The maximum Gasteiger partial charge on any atom is 0.162 e. The summed E-state index contributed by atoms with van der Waals surface area (Å²) in [5.41, 5.74) is 3.08. The fraction of sp³-hybridized carbons (Fsp3) is 0.375. The molecule has 1 aliphatic rings. The van der Waals surface area contributed by atoms with Crippen LogP contribution in [-0.4, -0.2) is 67.1 Å². The van der Waals surface area contributed by atoms with Crippen LogP contribution in [0, 0.1) is 5.41 Å². The molecule has 8 heteroatoms. The first-order valence-electron chi connectivity index (χ1n) is 10.8. The number of aromatic nitrogens is 2. The van der Waals surface area contributed by atoms with E-state index in [1.807, 2.05) is 36.4 Å². The number of benzene rings is 2. The Morgan fingerprint density at radius 2 is 1.91 bits per heavy atom. The number of methoxy groups -OCH3 is 1. The van der Waals surface area contributed by atoms with Crippen LogP contribution in [0.1, 0.15) is 18.9 Å². The zero-order chi connectivity index (χ0) is 22.3. The topological polar surface area (TPSA) is 92.6 Å². The van der Waals surface area contributed by atoms with Crippen molar-refractivity contribution in [2.45, 2.75) is 13.3 Å². The van der Waals surface area contributed by atoms with Gasteiger partial charge in [-0.3, -0.25) is 4.90 Å². The second-order valence-corrected chi connectivity index (χ2v) is 7.73. The molecule has 4 rings (SSSR count). The molecular weight excluding hydrogens is 406 g/mol. The van der Waals surface area contributed by atoms with Crippen molar-refractivity contribution in [3.63, 3.8) is 0 Å². The highest BCUT2D eigenvalue weighted by Gasteiger charge is 2.13. The molecule has 8 nitrogen and oxygen atoms in total. The SMILES string of the molecule is COc1cc2ncnc(Nc3ccc(C(C)=N)cc3)c2cc1OCCCN1CCOCC1. The molecule has 2 heterocycles. The molecule has 3 aromatic rings. The molecule has 0 atom stereocenters. The van der Waals surface area contributed by atoms with Crippen molar-refractivity contribution in [3.05, 3.63) is 48.3 Å². The molecule has 0 amide bonds. The lowest BCUT2D eigenvalue weighted by Gasteiger charge is -2.26. The minimum Gasteiger partial charge on any atom is -0.493 e. The van der Waals surface area contributed by atoms with Gasteiger partial charge >= 0.3 is 0 Å². The Hall–Kier alpha value is -3.23. The second kappa shape index (κ2) is 10.4. The molecule has 0 bridgehead atoms. The molecule has 0 radical (unpaired) electrons. The van der Waals surface area contributed by atoms with Gasteiger partial charge in [-0.15, -0.1) is 0 Å². The molecule has 1 aromatic heterocycles. The van der Waals surface area contributed by atoms with Gasteiger partial charge in [-0.1, -0.05) is 12.1 Å². The standard InChI is InChI=1S/C24H29N5O3/c1-17(25)18-4-6-19(7-5-18)28-24-20-14-23(22(30-2)15-21(20)26-16-27-24)32-11-3-8-29-9-12-31-13-10-29/h4-7,14-16,25H,3,8-13H2,1-2H3,(H,26,27,28). The predicted molar refractivity (Wildman–Crippen MR) is 126 cm³/mol. The van der Waals surface area contributed by atoms with Gasteiger partial charge in [0.05, 0.1) is 32.4 Å². The van der Waals surface area contributed by atoms with Crippen molar-refractivity contribution in [1.82, 2.24) is 14.9 Å². The lowest BCUT2D eigenvalue weighted by Crippen LogP contribution is -2.37. The molecule has 1 aliphatic heterocycles. The number of morpholine rings is 1. The summed E-state index contributed by atoms with van der Waals surface area (Å²) in [5.74, 6) is 2.02. The summed E-state index contributed by atoms with van der Waals surface area (Å²) in [5, 5.41) is 12.0. The third kappa shape index (κ3) is 5.33. The van der Waals surface area contributed by atoms with E-state index in [2.05, 4.69) is 20.2 Å². The largest absolute Gasteiger partial charge is 0.493 e. The lowest BCUT2D eigenvalue weighted by molar-refractivity contribution is 0.0357. The van der Waals surface area contributed by atoms with Gasteiger partial charge in [-0.05, 0) is 37.1 Å². The quantitative estimate of drug-likeness (QED) is 0.389. The molecule has 168 valence electrons. The van der Waals surface area contributed by atoms with Crippen LogP contribution in [-0.2, 0) is 4.74 Å². The number of nitrogens with one attached hydrogen (secondary N) is 2. The minimum absolute atomic E-state index is 0.534. The monoisotopic (exact) mass is 435 g/mol. The average molecular weight is 436 g/mol. The number of rotatable bonds is 9. The summed E-state index contributed by atoms with van der Waals surface area (Å²) in [7, 11) is 1.63. The highest BCUT2D eigenvalue weighted by molar-refractivity contribution is 5.97. The summed E-state index contributed by atoms with van der Waals surface area (Å²) in [6.45, 7) is 6.92. The molecule has 2 N–H and O–H groups in total. The van der Waals surface area contributed by atoms with Gasteiger partial charge in [0.1, 0.15) is 12.1 Å². The zero-order valence-electron chi connectivity index (χ0n) is 18.6. The maximum absolute atomic E-state index is 7.75. The number of hydrogen-bond acceptors (Lipinski definition) is 8. The molecule has 0 unspecified atom stereocenters. The number of nitrogens with zero attached hydrogens (tertiary/aromatic N) is 3. The van der Waals surface area contributed by atoms with Crippen LogP contribution >= 0.6 is 0 Å². The Labute approximate surface area is 188 Å². The van der Waals surface area contributed by atoms with Crippen molar-refractivity contribution in [2.75, 3.05) is 51.9 Å². The summed E-state index contributed by atoms with van der Waals surface area (Å²) >= 11 is 0. The smallest absolute Gasteiger partial charge is 0.162 e. The molecular formula is C24H29N5O3. The van der Waals surface area contributed by atoms with E-state index in [1.54, 1.807) is 14.0 Å². The predicted octanol–water partition coefficient (Wildman–Crippen LogP) is 3.87. The second-order valence-electron chi connectivity index (χ2n) is 7.73. The number of hydrogen-bond donors (Lipinski definition) is 2. The number of fused-ring (bicyclic) bond motifs is 1. The fourth-order valence-corrected chi connectivity index (χ4v) is 3.67. The molecule has 0 aliphatic carbocycles. The number of ether oxygens (including phenoxy) is 3. The van der Waals surface area contributed by atoms with Crippen LogP contribution in [0.5, 0.6) is 11.5 Å². The Bertz CT molecular complexity index is 1070. The van der Waals surface area contributed by atoms with Crippen LogP contribution in [0.15, 0.2) is 42.7 Å². The molecule has 0 saturated carbocycles. The first kappa shape index (κ1) is 22.0. The maximum atomic E-state index is 7.75. The Morgan fingerprint density at radius 3 is 2.62 bits per heavy atom. The van der Waals surface area contributed by atoms with Crippen molar-refractivity contribution in [2.24, 2.45) is 0 Å². The van der Waals surface area contributed by atoms with E-state index in [4.69, 9.17) is 19.6 Å². The average Bonchev–Trinajstić information content (AvgIpc) is 2.82. The van der Waals surface area contributed by atoms with Gasteiger partial charge in [-0.2, -0.15) is 0 Å². The van der Waals surface area contributed by atoms with Gasteiger partial charge in [0.25, 0.3) is 0 Å². The van der Waals surface area contributed by atoms with Gasteiger partial charge in [0, 0.05) is 42.5 Å². The van der Waals surface area contributed by atoms with Crippen molar-refractivity contribution >= 4 is 28.1 Å². The highest BCUT2D eigenvalue weighted by Crippen LogP contribution is 2.34. The van der Waals surface area contributed by atoms with Crippen molar-refractivity contribution < 1.29 is 14.2 Å². The normalized spacial score (nSPS) is 14.3. The third-order valence-electron chi connectivity index (χ3n) is 5.48. The first-order valence-corrected chi connectivity index (χ1v) is 10.8. The first-order chi connectivity index (χ1) is 15.6. The Morgan fingerprint density at radius 1 is 1.12 bits per heavy atom. The lowest BCUT2D eigenvalue weighted by atomic mass is 10.1. The van der Waals surface area contributed by atoms with E-state index in [-0.39, 0.29) is 0 Å². The summed E-state index contributed by atoms with van der Waals surface area (Å²) in [4.78, 5) is 11.2. The van der Waals surface area contributed by atoms with Gasteiger partial charge in [0.15, 0.2) is 11.5 Å². The van der Waals surface area contributed by atoms with E-state index in [1.165, 1.54) is 6.33 Å². The van der Waals surface area contributed by atoms with Crippen LogP contribution < -0.4 is 14.8 Å². The van der Waals surface area contributed by atoms with Crippen LogP contribution in [0.25, 0.3) is 10.9 Å². The Kier molecular flexibility index (Phi) is 7.14. The Balaban J connectivity index is 1.49. The molecule has 1 fully saturated rings. The van der Waals surface area contributed by atoms with Crippen molar-refractivity contribution in [1.29, 1.82) is 5.41 Å². The van der Waals surface area contributed by atoms with Crippen LogP contribution in [0.3, 0.4) is 0 Å². The summed E-state index contributed by atoms with van der Waals surface area (Å²) < 4.78 is 17.0.